The minimum Gasteiger partial charge on any atom is -0.454 e. The minimum atomic E-state index is -0.697. The molecule has 204 valence electrons. The van der Waals surface area contributed by atoms with Crippen molar-refractivity contribution in [2.45, 2.75) is 0 Å². The first-order chi connectivity index (χ1) is 19.9. The highest BCUT2D eigenvalue weighted by Crippen LogP contribution is 2.33. The number of ether oxygens (including phenoxy) is 3. The van der Waals surface area contributed by atoms with Gasteiger partial charge in [-0.1, -0.05) is 30.3 Å². The molecule has 0 radical (unpaired) electrons. The molecule has 0 atom stereocenters. The third-order valence-corrected chi connectivity index (χ3v) is 5.77. The lowest BCUT2D eigenvalue weighted by atomic mass is 10.1. The number of carbonyl (C=O) groups is 3. The second-order valence-electron chi connectivity index (χ2n) is 8.66. The predicted octanol–water partition coefficient (Wildman–Crippen LogP) is 4.69. The fourth-order valence-electron chi connectivity index (χ4n) is 3.74. The van der Waals surface area contributed by atoms with Crippen LogP contribution in [0.3, 0.4) is 0 Å². The Morgan fingerprint density at radius 2 is 1.54 bits per heavy atom. The Hall–Kier alpha value is -5.77. The Balaban J connectivity index is 1.26. The molecule has 0 saturated heterocycles. The number of esters is 1. The SMILES string of the molecule is O=C(NN=Cc1ccc(OC(=O)c2cccc(F)c2)cc1)C(=Cc1ccc2c(c1)OCO2)NC(=O)c1ccccc1. The van der Waals surface area contributed by atoms with E-state index >= 15 is 0 Å². The van der Waals surface area contributed by atoms with Gasteiger partial charge < -0.3 is 19.5 Å². The number of hydrogen-bond donors (Lipinski definition) is 2. The highest BCUT2D eigenvalue weighted by Gasteiger charge is 2.17. The molecule has 2 N–H and O–H groups in total. The van der Waals surface area contributed by atoms with E-state index in [2.05, 4.69) is 15.8 Å². The number of amides is 2. The van der Waals surface area contributed by atoms with Gasteiger partial charge in [0, 0.05) is 5.56 Å². The lowest BCUT2D eigenvalue weighted by molar-refractivity contribution is -0.117. The fourth-order valence-corrected chi connectivity index (χ4v) is 3.74. The van der Waals surface area contributed by atoms with Gasteiger partial charge in [0.1, 0.15) is 17.3 Å². The minimum absolute atomic E-state index is 0.0468. The molecule has 0 fully saturated rings. The molecule has 1 aliphatic heterocycles. The molecule has 4 aromatic rings. The third-order valence-electron chi connectivity index (χ3n) is 5.77. The lowest BCUT2D eigenvalue weighted by Crippen LogP contribution is -2.32. The second kappa shape index (κ2) is 12.4. The lowest BCUT2D eigenvalue weighted by Gasteiger charge is -2.09. The number of fused-ring (bicyclic) bond motifs is 1. The molecular formula is C31H22FN3O6. The smallest absolute Gasteiger partial charge is 0.343 e. The van der Waals surface area contributed by atoms with E-state index in [1.54, 1.807) is 60.7 Å². The van der Waals surface area contributed by atoms with Crippen molar-refractivity contribution >= 4 is 30.1 Å². The Morgan fingerprint density at radius 3 is 2.32 bits per heavy atom. The summed E-state index contributed by atoms with van der Waals surface area (Å²) in [6.07, 6.45) is 2.88. The van der Waals surface area contributed by atoms with Crippen molar-refractivity contribution in [1.29, 1.82) is 0 Å². The van der Waals surface area contributed by atoms with E-state index in [1.807, 2.05) is 0 Å². The molecule has 0 unspecified atom stereocenters. The Labute approximate surface area is 233 Å². The van der Waals surface area contributed by atoms with Gasteiger partial charge >= 0.3 is 5.97 Å². The Morgan fingerprint density at radius 1 is 0.805 bits per heavy atom. The molecule has 0 spiro atoms. The maximum Gasteiger partial charge on any atom is 0.343 e. The zero-order valence-corrected chi connectivity index (χ0v) is 21.4. The summed E-state index contributed by atoms with van der Waals surface area (Å²) in [4.78, 5) is 38.0. The zero-order chi connectivity index (χ0) is 28.6. The van der Waals surface area contributed by atoms with Crippen molar-refractivity contribution < 1.29 is 33.0 Å². The highest BCUT2D eigenvalue weighted by atomic mass is 19.1. The van der Waals surface area contributed by atoms with E-state index < -0.39 is 23.6 Å². The van der Waals surface area contributed by atoms with Crippen molar-refractivity contribution in [3.8, 4) is 17.2 Å². The van der Waals surface area contributed by atoms with Crippen LogP contribution >= 0.6 is 0 Å². The number of hydrogen-bond acceptors (Lipinski definition) is 7. The number of halogens is 1. The van der Waals surface area contributed by atoms with Crippen LogP contribution in [0.25, 0.3) is 6.08 Å². The molecule has 4 aromatic carbocycles. The van der Waals surface area contributed by atoms with Crippen molar-refractivity contribution in [3.05, 3.63) is 131 Å². The Kier molecular flexibility index (Phi) is 8.11. The normalized spacial score (nSPS) is 12.2. The first kappa shape index (κ1) is 26.8. The molecule has 0 saturated carbocycles. The molecular weight excluding hydrogens is 529 g/mol. The average Bonchev–Trinajstić information content (AvgIpc) is 3.46. The van der Waals surface area contributed by atoms with Crippen molar-refractivity contribution in [2.75, 3.05) is 6.79 Å². The van der Waals surface area contributed by atoms with Crippen LogP contribution in [0.2, 0.25) is 0 Å². The molecule has 41 heavy (non-hydrogen) atoms. The van der Waals surface area contributed by atoms with E-state index in [1.165, 1.54) is 42.6 Å². The van der Waals surface area contributed by atoms with Gasteiger partial charge in [-0.05, 0) is 83.9 Å². The van der Waals surface area contributed by atoms with Gasteiger partial charge in [-0.3, -0.25) is 9.59 Å². The first-order valence-electron chi connectivity index (χ1n) is 12.3. The van der Waals surface area contributed by atoms with Crippen LogP contribution in [-0.2, 0) is 4.79 Å². The summed E-state index contributed by atoms with van der Waals surface area (Å²) in [5.74, 6) is -1.02. The summed E-state index contributed by atoms with van der Waals surface area (Å²) < 4.78 is 29.3. The number of hydrazone groups is 1. The van der Waals surface area contributed by atoms with E-state index in [0.717, 1.165) is 6.07 Å². The molecule has 0 aliphatic carbocycles. The van der Waals surface area contributed by atoms with Crippen molar-refractivity contribution in [1.82, 2.24) is 10.7 Å². The quantitative estimate of drug-likeness (QED) is 0.108. The average molecular weight is 552 g/mol. The maximum absolute atomic E-state index is 13.4. The largest absolute Gasteiger partial charge is 0.454 e. The predicted molar refractivity (Wildman–Crippen MR) is 148 cm³/mol. The first-order valence-corrected chi connectivity index (χ1v) is 12.3. The molecule has 10 heteroatoms. The van der Waals surface area contributed by atoms with Gasteiger partial charge in [-0.25, -0.2) is 14.6 Å². The van der Waals surface area contributed by atoms with Gasteiger partial charge in [-0.2, -0.15) is 5.10 Å². The number of carbonyl (C=O) groups excluding carboxylic acids is 3. The number of rotatable bonds is 8. The van der Waals surface area contributed by atoms with E-state index in [0.29, 0.717) is 28.2 Å². The van der Waals surface area contributed by atoms with E-state index in [4.69, 9.17) is 14.2 Å². The van der Waals surface area contributed by atoms with Gasteiger partial charge in [-0.15, -0.1) is 0 Å². The molecule has 9 nitrogen and oxygen atoms in total. The van der Waals surface area contributed by atoms with E-state index in [-0.39, 0.29) is 23.8 Å². The maximum atomic E-state index is 13.4. The summed E-state index contributed by atoms with van der Waals surface area (Å²) in [6, 6.07) is 25.1. The molecule has 0 bridgehead atoms. The highest BCUT2D eigenvalue weighted by molar-refractivity contribution is 6.05. The summed E-state index contributed by atoms with van der Waals surface area (Å²) in [5.41, 5.74) is 4.00. The third kappa shape index (κ3) is 7.01. The standard InChI is InChI=1S/C31H22FN3O6/c32-24-8-4-7-23(17-24)31(38)41-25-12-9-20(10-13-25)18-33-35-30(37)26(34-29(36)22-5-2-1-3-6-22)15-21-11-14-27-28(16-21)40-19-39-27/h1-18H,19H2,(H,34,36)(H,35,37). The molecule has 2 amide bonds. The van der Waals surface area contributed by atoms with Gasteiger partial charge in [0.05, 0.1) is 11.8 Å². The van der Waals surface area contributed by atoms with Gasteiger partial charge in [0.25, 0.3) is 11.8 Å². The van der Waals surface area contributed by atoms with Crippen LogP contribution in [-0.4, -0.2) is 30.8 Å². The summed E-state index contributed by atoms with van der Waals surface area (Å²) >= 11 is 0. The van der Waals surface area contributed by atoms with E-state index in [9.17, 15) is 18.8 Å². The van der Waals surface area contributed by atoms with Crippen LogP contribution in [0.4, 0.5) is 4.39 Å². The summed E-state index contributed by atoms with van der Waals surface area (Å²) in [6.45, 7) is 0.103. The van der Waals surface area contributed by atoms with Crippen molar-refractivity contribution in [3.63, 3.8) is 0 Å². The Bertz CT molecular complexity index is 1650. The van der Waals surface area contributed by atoms with Crippen LogP contribution in [0.1, 0.15) is 31.8 Å². The van der Waals surface area contributed by atoms with Crippen molar-refractivity contribution in [2.24, 2.45) is 5.10 Å². The van der Waals surface area contributed by atoms with Gasteiger partial charge in [0.15, 0.2) is 11.5 Å². The molecule has 1 heterocycles. The molecule has 1 aliphatic rings. The zero-order valence-electron chi connectivity index (χ0n) is 21.4. The van der Waals surface area contributed by atoms with Crippen LogP contribution in [0.15, 0.2) is 108 Å². The van der Waals surface area contributed by atoms with Crippen LogP contribution < -0.4 is 25.0 Å². The summed E-state index contributed by atoms with van der Waals surface area (Å²) in [7, 11) is 0. The van der Waals surface area contributed by atoms with Gasteiger partial charge in [0.2, 0.25) is 6.79 Å². The fraction of sp³-hybridized carbons (Fsp3) is 0.0323. The second-order valence-corrected chi connectivity index (χ2v) is 8.66. The topological polar surface area (TPSA) is 115 Å². The van der Waals surface area contributed by atoms with Crippen LogP contribution in [0.5, 0.6) is 17.2 Å². The summed E-state index contributed by atoms with van der Waals surface area (Å²) in [5, 5.41) is 6.61. The van der Waals surface area contributed by atoms with Crippen LogP contribution in [0, 0.1) is 5.82 Å². The number of nitrogens with one attached hydrogen (secondary N) is 2. The molecule has 0 aromatic heterocycles. The number of benzene rings is 4. The number of nitrogens with zero attached hydrogens (tertiary/aromatic N) is 1. The monoisotopic (exact) mass is 551 g/mol. The molecule has 5 rings (SSSR count).